The molecule has 4 rings (SSSR count). The van der Waals surface area contributed by atoms with Crippen LogP contribution >= 0.6 is 0 Å². The third-order valence-electron chi connectivity index (χ3n) is 9.34. The van der Waals surface area contributed by atoms with Gasteiger partial charge in [0.15, 0.2) is 0 Å². The van der Waals surface area contributed by atoms with Crippen LogP contribution in [0.25, 0.3) is 0 Å². The summed E-state index contributed by atoms with van der Waals surface area (Å²) in [5.74, 6) is 2.31. The molecule has 0 amide bonds. The van der Waals surface area contributed by atoms with Crippen molar-refractivity contribution in [1.29, 1.82) is 0 Å². The van der Waals surface area contributed by atoms with Gasteiger partial charge < -0.3 is 4.74 Å². The first-order valence-electron chi connectivity index (χ1n) is 12.3. The second kappa shape index (κ2) is 9.12. The molecule has 0 aliphatic heterocycles. The summed E-state index contributed by atoms with van der Waals surface area (Å²) in [6.07, 6.45) is 9.61. The summed E-state index contributed by atoms with van der Waals surface area (Å²) in [5.41, 5.74) is 1.02. The minimum Gasteiger partial charge on any atom is -0.469 e. The number of ether oxygens (including phenoxy) is 1. The van der Waals surface area contributed by atoms with E-state index < -0.39 is 0 Å². The highest BCUT2D eigenvalue weighted by molar-refractivity contribution is 5.82. The SMILES string of the molecule is CC.COC(=O)CCCC1CCC2C3CC(F)=C4CC(=O)CCC4(C)C3CCC12C. The summed E-state index contributed by atoms with van der Waals surface area (Å²) in [5, 5.41) is 0. The highest BCUT2D eigenvalue weighted by Crippen LogP contribution is 2.67. The van der Waals surface area contributed by atoms with Gasteiger partial charge in [0.05, 0.1) is 7.11 Å². The van der Waals surface area contributed by atoms with Crippen molar-refractivity contribution in [3.63, 3.8) is 0 Å². The monoisotopic (exact) mass is 420 g/mol. The van der Waals surface area contributed by atoms with Crippen molar-refractivity contribution in [1.82, 2.24) is 0 Å². The van der Waals surface area contributed by atoms with Gasteiger partial charge in [-0.05, 0) is 85.0 Å². The van der Waals surface area contributed by atoms with Gasteiger partial charge in [-0.2, -0.15) is 0 Å². The summed E-state index contributed by atoms with van der Waals surface area (Å²) in [4.78, 5) is 23.5. The highest BCUT2D eigenvalue weighted by atomic mass is 19.1. The van der Waals surface area contributed by atoms with Crippen molar-refractivity contribution < 1.29 is 18.7 Å². The summed E-state index contributed by atoms with van der Waals surface area (Å²) in [7, 11) is 1.45. The number of ketones is 1. The fourth-order valence-electron chi connectivity index (χ4n) is 7.72. The molecule has 0 aromatic carbocycles. The number of halogens is 1. The second-order valence-corrected chi connectivity index (χ2v) is 10.4. The zero-order chi connectivity index (χ0) is 22.1. The first kappa shape index (κ1) is 23.5. The van der Waals surface area contributed by atoms with Crippen LogP contribution in [-0.4, -0.2) is 18.9 Å². The van der Waals surface area contributed by atoms with Crippen LogP contribution in [-0.2, 0) is 14.3 Å². The van der Waals surface area contributed by atoms with Gasteiger partial charge in [0.25, 0.3) is 0 Å². The Hall–Kier alpha value is -1.19. The smallest absolute Gasteiger partial charge is 0.305 e. The predicted molar refractivity (Wildman–Crippen MR) is 117 cm³/mol. The van der Waals surface area contributed by atoms with Crippen LogP contribution in [0.15, 0.2) is 11.4 Å². The molecule has 3 fully saturated rings. The molecule has 4 aliphatic rings. The number of methoxy groups -OCH3 is 1. The molecule has 3 saturated carbocycles. The lowest BCUT2D eigenvalue weighted by atomic mass is 9.47. The maximum Gasteiger partial charge on any atom is 0.305 e. The Labute approximate surface area is 182 Å². The van der Waals surface area contributed by atoms with Gasteiger partial charge in [0, 0.05) is 25.7 Å². The molecule has 0 saturated heterocycles. The van der Waals surface area contributed by atoms with Crippen molar-refractivity contribution in [2.45, 2.75) is 98.3 Å². The number of hydrogen-bond donors (Lipinski definition) is 0. The zero-order valence-corrected chi connectivity index (χ0v) is 19.7. The van der Waals surface area contributed by atoms with Crippen LogP contribution in [0.2, 0.25) is 0 Å². The van der Waals surface area contributed by atoms with E-state index in [-0.39, 0.29) is 28.4 Å². The molecule has 6 atom stereocenters. The number of hydrogen-bond acceptors (Lipinski definition) is 3. The van der Waals surface area contributed by atoms with E-state index in [4.69, 9.17) is 4.74 Å². The number of carbonyl (C=O) groups is 2. The van der Waals surface area contributed by atoms with Crippen molar-refractivity contribution in [2.75, 3.05) is 7.11 Å². The molecule has 4 heteroatoms. The van der Waals surface area contributed by atoms with Gasteiger partial charge in [-0.1, -0.05) is 27.7 Å². The minimum absolute atomic E-state index is 0.0372. The van der Waals surface area contributed by atoms with E-state index in [1.54, 1.807) is 0 Å². The topological polar surface area (TPSA) is 43.4 Å². The Bertz CT molecular complexity index is 698. The maximum absolute atomic E-state index is 15.2. The lowest BCUT2D eigenvalue weighted by Crippen LogP contribution is -2.50. The molecular formula is C26H41FO3. The van der Waals surface area contributed by atoms with Gasteiger partial charge in [-0.25, -0.2) is 4.39 Å². The van der Waals surface area contributed by atoms with Gasteiger partial charge in [0.2, 0.25) is 0 Å². The van der Waals surface area contributed by atoms with E-state index in [1.807, 2.05) is 13.8 Å². The van der Waals surface area contributed by atoms with Crippen LogP contribution in [0.5, 0.6) is 0 Å². The standard InChI is InChI=1S/C24H35FO3.C2H6/c1-23-12-10-19-17(14-21(25)20-13-16(26)9-11-24(19,20)2)18(23)8-7-15(23)5-4-6-22(27)28-3;1-2/h15,17-19H,4-14H2,1-3H3;1-2H3. The normalized spacial score (nSPS) is 40.0. The van der Waals surface area contributed by atoms with Crippen LogP contribution in [0.1, 0.15) is 98.3 Å². The number of fused-ring (bicyclic) bond motifs is 5. The fraction of sp³-hybridized carbons (Fsp3) is 0.846. The molecule has 0 N–H and O–H groups in total. The molecular weight excluding hydrogens is 379 g/mol. The van der Waals surface area contributed by atoms with E-state index in [0.717, 1.165) is 31.3 Å². The minimum atomic E-state index is -0.116. The number of esters is 1. The fourth-order valence-corrected chi connectivity index (χ4v) is 7.72. The molecule has 30 heavy (non-hydrogen) atoms. The van der Waals surface area contributed by atoms with E-state index in [0.29, 0.717) is 49.4 Å². The lowest BCUT2D eigenvalue weighted by Gasteiger charge is -2.57. The van der Waals surface area contributed by atoms with Crippen molar-refractivity contribution in [2.24, 2.45) is 34.5 Å². The molecule has 3 nitrogen and oxygen atoms in total. The number of carbonyl (C=O) groups excluding carboxylic acids is 2. The van der Waals surface area contributed by atoms with Crippen LogP contribution in [0, 0.1) is 34.5 Å². The summed E-state index contributed by atoms with van der Waals surface area (Å²) in [6.45, 7) is 8.68. The quantitative estimate of drug-likeness (QED) is 0.470. The van der Waals surface area contributed by atoms with E-state index in [9.17, 15) is 9.59 Å². The second-order valence-electron chi connectivity index (χ2n) is 10.4. The number of Topliss-reactive ketones (excluding diaryl/α,β-unsaturated/α-hetero) is 1. The molecule has 6 unspecified atom stereocenters. The Kier molecular flexibility index (Phi) is 7.14. The van der Waals surface area contributed by atoms with Crippen molar-refractivity contribution >= 4 is 11.8 Å². The first-order chi connectivity index (χ1) is 14.3. The summed E-state index contributed by atoms with van der Waals surface area (Å²) >= 11 is 0. The lowest BCUT2D eigenvalue weighted by molar-refractivity contribution is -0.140. The van der Waals surface area contributed by atoms with Gasteiger partial charge in [-0.15, -0.1) is 0 Å². The third kappa shape index (κ3) is 3.88. The van der Waals surface area contributed by atoms with Gasteiger partial charge in [-0.3, -0.25) is 9.59 Å². The Balaban J connectivity index is 0.00000124. The summed E-state index contributed by atoms with van der Waals surface area (Å²) in [6, 6.07) is 0. The maximum atomic E-state index is 15.2. The highest BCUT2D eigenvalue weighted by Gasteiger charge is 2.59. The van der Waals surface area contributed by atoms with Gasteiger partial charge in [0.1, 0.15) is 11.6 Å². The van der Waals surface area contributed by atoms with Crippen LogP contribution < -0.4 is 0 Å². The van der Waals surface area contributed by atoms with E-state index in [1.165, 1.54) is 26.4 Å². The molecule has 0 aromatic rings. The van der Waals surface area contributed by atoms with E-state index >= 15 is 4.39 Å². The molecule has 170 valence electrons. The van der Waals surface area contributed by atoms with Crippen LogP contribution in [0.3, 0.4) is 0 Å². The molecule has 0 radical (unpaired) electrons. The number of rotatable bonds is 4. The predicted octanol–water partition coefficient (Wildman–Crippen LogP) is 6.80. The summed E-state index contributed by atoms with van der Waals surface area (Å²) < 4.78 is 20.0. The average Bonchev–Trinajstić information content (AvgIpc) is 3.07. The number of allylic oxidation sites excluding steroid dienone is 2. The molecule has 0 aromatic heterocycles. The van der Waals surface area contributed by atoms with Gasteiger partial charge >= 0.3 is 5.97 Å². The Morgan fingerprint density at radius 2 is 1.87 bits per heavy atom. The van der Waals surface area contributed by atoms with Crippen LogP contribution in [0.4, 0.5) is 4.39 Å². The molecule has 0 heterocycles. The zero-order valence-electron chi connectivity index (χ0n) is 19.7. The average molecular weight is 421 g/mol. The molecule has 4 aliphatic carbocycles. The van der Waals surface area contributed by atoms with Crippen molar-refractivity contribution in [3.8, 4) is 0 Å². The first-order valence-corrected chi connectivity index (χ1v) is 12.3. The van der Waals surface area contributed by atoms with E-state index in [2.05, 4.69) is 13.8 Å². The largest absolute Gasteiger partial charge is 0.469 e. The van der Waals surface area contributed by atoms with Crippen molar-refractivity contribution in [3.05, 3.63) is 11.4 Å². The molecule has 0 bridgehead atoms. The Morgan fingerprint density at radius 3 is 2.57 bits per heavy atom. The molecule has 0 spiro atoms. The Morgan fingerprint density at radius 1 is 1.13 bits per heavy atom. The third-order valence-corrected chi connectivity index (χ3v) is 9.34.